The van der Waals surface area contributed by atoms with Gasteiger partial charge in [-0.2, -0.15) is 0 Å². The number of hydrogen-bond donors (Lipinski definition) is 1. The van der Waals surface area contributed by atoms with Gasteiger partial charge in [-0.05, 0) is 37.5 Å². The quantitative estimate of drug-likeness (QED) is 0.822. The van der Waals surface area contributed by atoms with Crippen LogP contribution in [-0.4, -0.2) is 24.0 Å². The molecule has 0 saturated heterocycles. The molecule has 1 N–H and O–H groups in total. The minimum Gasteiger partial charge on any atom is -0.452 e. The summed E-state index contributed by atoms with van der Waals surface area (Å²) in [4.78, 5) is 23.2. The van der Waals surface area contributed by atoms with Crippen molar-refractivity contribution in [2.75, 3.05) is 0 Å². The highest BCUT2D eigenvalue weighted by atomic mass is 19.1. The molecular formula is C14H16FNO3. The van der Waals surface area contributed by atoms with Crippen LogP contribution in [0.25, 0.3) is 0 Å². The van der Waals surface area contributed by atoms with E-state index in [1.165, 1.54) is 24.3 Å². The second-order valence-corrected chi connectivity index (χ2v) is 4.72. The van der Waals surface area contributed by atoms with Crippen molar-refractivity contribution in [3.05, 3.63) is 35.6 Å². The first-order valence-corrected chi connectivity index (χ1v) is 6.29. The van der Waals surface area contributed by atoms with Crippen molar-refractivity contribution in [3.63, 3.8) is 0 Å². The molecule has 0 aliphatic heterocycles. The Morgan fingerprint density at radius 3 is 2.58 bits per heavy atom. The van der Waals surface area contributed by atoms with Crippen LogP contribution >= 0.6 is 0 Å². The highest BCUT2D eigenvalue weighted by Gasteiger charge is 2.27. The molecule has 1 fully saturated rings. The topological polar surface area (TPSA) is 55.4 Å². The van der Waals surface area contributed by atoms with Gasteiger partial charge in [-0.25, -0.2) is 4.39 Å². The lowest BCUT2D eigenvalue weighted by Gasteiger charge is -2.13. The third kappa shape index (κ3) is 4.35. The van der Waals surface area contributed by atoms with Crippen molar-refractivity contribution >= 4 is 11.9 Å². The maximum absolute atomic E-state index is 12.7. The fraction of sp³-hybridized carbons (Fsp3) is 0.429. The molecule has 2 rings (SSSR count). The number of carbonyl (C=O) groups is 2. The predicted molar refractivity (Wildman–Crippen MR) is 66.8 cm³/mol. The smallest absolute Gasteiger partial charge is 0.311 e. The number of esters is 1. The van der Waals surface area contributed by atoms with Gasteiger partial charge in [0, 0.05) is 6.04 Å². The SMILES string of the molecule is CC(OC(=O)Cc1ccc(F)cc1)C(=O)NC1CC1. The Morgan fingerprint density at radius 1 is 1.37 bits per heavy atom. The number of benzene rings is 1. The number of halogens is 1. The minimum atomic E-state index is -0.798. The zero-order chi connectivity index (χ0) is 13.8. The Balaban J connectivity index is 1.79. The first kappa shape index (κ1) is 13.5. The van der Waals surface area contributed by atoms with Crippen LogP contribution in [0.3, 0.4) is 0 Å². The average Bonchev–Trinajstić information content (AvgIpc) is 3.16. The van der Waals surface area contributed by atoms with Gasteiger partial charge in [-0.3, -0.25) is 9.59 Å². The van der Waals surface area contributed by atoms with Crippen molar-refractivity contribution in [3.8, 4) is 0 Å². The van der Waals surface area contributed by atoms with Gasteiger partial charge in [0.25, 0.3) is 5.91 Å². The van der Waals surface area contributed by atoms with Crippen molar-refractivity contribution < 1.29 is 18.7 Å². The lowest BCUT2D eigenvalue weighted by Crippen LogP contribution is -2.37. The number of hydrogen-bond acceptors (Lipinski definition) is 3. The molecule has 5 heteroatoms. The van der Waals surface area contributed by atoms with E-state index in [0.717, 1.165) is 12.8 Å². The lowest BCUT2D eigenvalue weighted by atomic mass is 10.1. The van der Waals surface area contributed by atoms with E-state index in [9.17, 15) is 14.0 Å². The summed E-state index contributed by atoms with van der Waals surface area (Å²) in [7, 11) is 0. The lowest BCUT2D eigenvalue weighted by molar-refractivity contribution is -0.154. The number of carbonyl (C=O) groups excluding carboxylic acids is 2. The second kappa shape index (κ2) is 5.82. The summed E-state index contributed by atoms with van der Waals surface area (Å²) in [5, 5.41) is 2.76. The van der Waals surface area contributed by atoms with Crippen LogP contribution in [0.2, 0.25) is 0 Å². The molecule has 1 atom stereocenters. The minimum absolute atomic E-state index is 0.0291. The molecule has 1 aliphatic rings. The van der Waals surface area contributed by atoms with E-state index >= 15 is 0 Å². The standard InChI is InChI=1S/C14H16FNO3/c1-9(14(18)16-12-6-7-12)19-13(17)8-10-2-4-11(15)5-3-10/h2-5,9,12H,6-8H2,1H3,(H,16,18). The summed E-state index contributed by atoms with van der Waals surface area (Å²) < 4.78 is 17.7. The van der Waals surface area contributed by atoms with Crippen LogP contribution in [0.1, 0.15) is 25.3 Å². The van der Waals surface area contributed by atoms with E-state index in [2.05, 4.69) is 5.32 Å². The second-order valence-electron chi connectivity index (χ2n) is 4.72. The summed E-state index contributed by atoms with van der Waals surface area (Å²) in [5.74, 6) is -1.12. The normalized spacial score (nSPS) is 15.7. The largest absolute Gasteiger partial charge is 0.452 e. The molecule has 1 aliphatic carbocycles. The summed E-state index contributed by atoms with van der Waals surface area (Å²) in [5.41, 5.74) is 0.654. The van der Waals surface area contributed by atoms with Crippen LogP contribution in [-0.2, 0) is 20.7 Å². The molecular weight excluding hydrogens is 249 g/mol. The molecule has 0 radical (unpaired) electrons. The Morgan fingerprint density at radius 2 is 2.00 bits per heavy atom. The van der Waals surface area contributed by atoms with E-state index in [1.807, 2.05) is 0 Å². The molecule has 0 aromatic heterocycles. The molecule has 19 heavy (non-hydrogen) atoms. The molecule has 4 nitrogen and oxygen atoms in total. The van der Waals surface area contributed by atoms with Gasteiger partial charge < -0.3 is 10.1 Å². The van der Waals surface area contributed by atoms with Gasteiger partial charge in [0.05, 0.1) is 6.42 Å². The third-order valence-corrected chi connectivity index (χ3v) is 2.86. The van der Waals surface area contributed by atoms with E-state index < -0.39 is 12.1 Å². The van der Waals surface area contributed by atoms with E-state index in [-0.39, 0.29) is 24.2 Å². The van der Waals surface area contributed by atoms with Gasteiger partial charge in [-0.1, -0.05) is 12.1 Å². The van der Waals surface area contributed by atoms with Crippen molar-refractivity contribution in [1.82, 2.24) is 5.32 Å². The van der Waals surface area contributed by atoms with Crippen LogP contribution < -0.4 is 5.32 Å². The number of amides is 1. The highest BCUT2D eigenvalue weighted by Crippen LogP contribution is 2.18. The molecule has 1 saturated carbocycles. The van der Waals surface area contributed by atoms with Crippen molar-refractivity contribution in [1.29, 1.82) is 0 Å². The van der Waals surface area contributed by atoms with E-state index in [4.69, 9.17) is 4.74 Å². The van der Waals surface area contributed by atoms with Gasteiger partial charge in [0.2, 0.25) is 0 Å². The van der Waals surface area contributed by atoms with E-state index in [0.29, 0.717) is 5.56 Å². The van der Waals surface area contributed by atoms with Crippen LogP contribution in [0.4, 0.5) is 4.39 Å². The molecule has 0 heterocycles. The molecule has 1 amide bonds. The Hall–Kier alpha value is -1.91. The number of ether oxygens (including phenoxy) is 1. The van der Waals surface area contributed by atoms with Gasteiger partial charge in [0.15, 0.2) is 6.10 Å². The Bertz CT molecular complexity index is 468. The Kier molecular flexibility index (Phi) is 4.14. The average molecular weight is 265 g/mol. The summed E-state index contributed by atoms with van der Waals surface area (Å²) >= 11 is 0. The van der Waals surface area contributed by atoms with Crippen LogP contribution in [0.5, 0.6) is 0 Å². The third-order valence-electron chi connectivity index (χ3n) is 2.86. The number of nitrogens with one attached hydrogen (secondary N) is 1. The molecule has 102 valence electrons. The predicted octanol–water partition coefficient (Wildman–Crippen LogP) is 1.58. The van der Waals surface area contributed by atoms with Gasteiger partial charge >= 0.3 is 5.97 Å². The summed E-state index contributed by atoms with van der Waals surface area (Å²) in [6.07, 6.45) is 1.21. The fourth-order valence-electron chi connectivity index (χ4n) is 1.61. The van der Waals surface area contributed by atoms with Crippen molar-refractivity contribution in [2.45, 2.75) is 38.3 Å². The molecule has 1 unspecified atom stereocenters. The van der Waals surface area contributed by atoms with Gasteiger partial charge in [-0.15, -0.1) is 0 Å². The van der Waals surface area contributed by atoms with Gasteiger partial charge in [0.1, 0.15) is 5.82 Å². The zero-order valence-electron chi connectivity index (χ0n) is 10.7. The van der Waals surface area contributed by atoms with E-state index in [1.54, 1.807) is 6.92 Å². The zero-order valence-corrected chi connectivity index (χ0v) is 10.7. The fourth-order valence-corrected chi connectivity index (χ4v) is 1.61. The molecule has 1 aromatic rings. The monoisotopic (exact) mass is 265 g/mol. The highest BCUT2D eigenvalue weighted by molar-refractivity contribution is 5.84. The molecule has 0 bridgehead atoms. The summed E-state index contributed by atoms with van der Waals surface area (Å²) in [6.45, 7) is 1.54. The number of rotatable bonds is 5. The first-order chi connectivity index (χ1) is 9.04. The maximum atomic E-state index is 12.7. The summed E-state index contributed by atoms with van der Waals surface area (Å²) in [6, 6.07) is 5.85. The molecule has 0 spiro atoms. The Labute approximate surface area is 110 Å². The van der Waals surface area contributed by atoms with Crippen LogP contribution in [0, 0.1) is 5.82 Å². The van der Waals surface area contributed by atoms with Crippen LogP contribution in [0.15, 0.2) is 24.3 Å². The maximum Gasteiger partial charge on any atom is 0.311 e. The first-order valence-electron chi connectivity index (χ1n) is 6.29. The molecule has 1 aromatic carbocycles. The van der Waals surface area contributed by atoms with Crippen molar-refractivity contribution in [2.24, 2.45) is 0 Å².